The third kappa shape index (κ3) is 3.47. The van der Waals surface area contributed by atoms with Crippen LogP contribution in [-0.2, 0) is 0 Å². The number of rotatable bonds is 4. The van der Waals surface area contributed by atoms with Gasteiger partial charge in [0.1, 0.15) is 0 Å². The molecule has 2 atom stereocenters. The fraction of sp³-hybridized carbons (Fsp3) is 0.600. The number of para-hydroxylation sites is 1. The summed E-state index contributed by atoms with van der Waals surface area (Å²) < 4.78 is 0. The highest BCUT2D eigenvalue weighted by molar-refractivity contribution is 5.52. The van der Waals surface area contributed by atoms with Crippen LogP contribution in [0.15, 0.2) is 24.3 Å². The third-order valence-electron chi connectivity index (χ3n) is 3.71. The van der Waals surface area contributed by atoms with Crippen LogP contribution in [0.25, 0.3) is 0 Å². The number of piperidine rings is 1. The van der Waals surface area contributed by atoms with Crippen molar-refractivity contribution in [3.05, 3.63) is 29.8 Å². The van der Waals surface area contributed by atoms with Gasteiger partial charge < -0.3 is 15.3 Å². The van der Waals surface area contributed by atoms with Crippen molar-refractivity contribution in [3.63, 3.8) is 0 Å². The highest BCUT2D eigenvalue weighted by atomic mass is 16.3. The van der Waals surface area contributed by atoms with E-state index in [-0.39, 0.29) is 0 Å². The van der Waals surface area contributed by atoms with Gasteiger partial charge in [0.2, 0.25) is 0 Å². The Morgan fingerprint density at radius 2 is 2.22 bits per heavy atom. The van der Waals surface area contributed by atoms with Gasteiger partial charge in [-0.2, -0.15) is 0 Å². The minimum absolute atomic E-state index is 0.414. The topological polar surface area (TPSA) is 35.5 Å². The first-order valence-electron chi connectivity index (χ1n) is 6.86. The number of hydrogen-bond donors (Lipinski definition) is 2. The van der Waals surface area contributed by atoms with Gasteiger partial charge in [0, 0.05) is 24.3 Å². The minimum Gasteiger partial charge on any atom is -0.389 e. The molecule has 1 aliphatic rings. The summed E-state index contributed by atoms with van der Waals surface area (Å²) in [5.74, 6) is 0.714. The van der Waals surface area contributed by atoms with Crippen LogP contribution in [0.5, 0.6) is 0 Å². The van der Waals surface area contributed by atoms with E-state index in [0.29, 0.717) is 5.92 Å². The molecular formula is C15H24N2O. The van der Waals surface area contributed by atoms with Crippen LogP contribution < -0.4 is 5.32 Å². The maximum Gasteiger partial charge on any atom is 0.0781 e. The molecule has 2 N–H and O–H groups in total. The summed E-state index contributed by atoms with van der Waals surface area (Å²) in [6.45, 7) is 5.20. The predicted molar refractivity (Wildman–Crippen MR) is 75.8 cm³/mol. The molecule has 1 aromatic rings. The van der Waals surface area contributed by atoms with E-state index in [1.165, 1.54) is 25.9 Å². The van der Waals surface area contributed by atoms with Gasteiger partial charge >= 0.3 is 0 Å². The average molecular weight is 248 g/mol. The van der Waals surface area contributed by atoms with Crippen molar-refractivity contribution >= 4 is 5.69 Å². The molecule has 0 radical (unpaired) electrons. The Labute approximate surface area is 110 Å². The molecule has 1 saturated heterocycles. The van der Waals surface area contributed by atoms with Crippen LogP contribution in [0.4, 0.5) is 5.69 Å². The molecule has 0 aliphatic carbocycles. The van der Waals surface area contributed by atoms with E-state index in [1.807, 2.05) is 25.1 Å². The van der Waals surface area contributed by atoms with Crippen molar-refractivity contribution in [2.75, 3.05) is 32.0 Å². The van der Waals surface area contributed by atoms with Gasteiger partial charge in [-0.05, 0) is 45.3 Å². The molecule has 2 unspecified atom stereocenters. The van der Waals surface area contributed by atoms with E-state index in [2.05, 4.69) is 23.3 Å². The predicted octanol–water partition coefficient (Wildman–Crippen LogP) is 2.49. The number of likely N-dealkylation sites (tertiary alicyclic amines) is 1. The molecule has 100 valence electrons. The van der Waals surface area contributed by atoms with Gasteiger partial charge in [0.05, 0.1) is 6.10 Å². The minimum atomic E-state index is -0.414. The Bertz CT molecular complexity index is 379. The van der Waals surface area contributed by atoms with Gasteiger partial charge in [-0.15, -0.1) is 0 Å². The van der Waals surface area contributed by atoms with Crippen LogP contribution in [0, 0.1) is 5.92 Å². The lowest BCUT2D eigenvalue weighted by Crippen LogP contribution is -2.35. The Balaban J connectivity index is 1.93. The van der Waals surface area contributed by atoms with E-state index >= 15 is 0 Å². The van der Waals surface area contributed by atoms with Crippen molar-refractivity contribution in [1.82, 2.24) is 4.90 Å². The number of aliphatic hydroxyl groups is 1. The first kappa shape index (κ1) is 13.4. The first-order chi connectivity index (χ1) is 8.66. The number of nitrogens with one attached hydrogen (secondary N) is 1. The molecular weight excluding hydrogens is 224 g/mol. The third-order valence-corrected chi connectivity index (χ3v) is 3.71. The molecule has 3 nitrogen and oxygen atoms in total. The lowest BCUT2D eigenvalue weighted by atomic mass is 9.98. The second-order valence-electron chi connectivity index (χ2n) is 5.41. The van der Waals surface area contributed by atoms with Crippen LogP contribution in [0.1, 0.15) is 31.4 Å². The summed E-state index contributed by atoms with van der Waals surface area (Å²) in [4.78, 5) is 2.40. The molecule has 0 spiro atoms. The summed E-state index contributed by atoms with van der Waals surface area (Å²) in [5.41, 5.74) is 2.06. The molecule has 1 fully saturated rings. The van der Waals surface area contributed by atoms with Crippen LogP contribution in [0.2, 0.25) is 0 Å². The Kier molecular flexibility index (Phi) is 4.61. The quantitative estimate of drug-likeness (QED) is 0.859. The summed E-state index contributed by atoms with van der Waals surface area (Å²) in [5, 5.41) is 13.2. The van der Waals surface area contributed by atoms with E-state index < -0.39 is 6.10 Å². The molecule has 1 aromatic carbocycles. The molecule has 2 rings (SSSR count). The zero-order valence-corrected chi connectivity index (χ0v) is 11.4. The van der Waals surface area contributed by atoms with Crippen LogP contribution in [0.3, 0.4) is 0 Å². The van der Waals surface area contributed by atoms with Crippen LogP contribution in [-0.4, -0.2) is 36.7 Å². The Morgan fingerprint density at radius 1 is 1.44 bits per heavy atom. The number of hydrogen-bond acceptors (Lipinski definition) is 3. The van der Waals surface area contributed by atoms with Gasteiger partial charge in [-0.3, -0.25) is 0 Å². The molecule has 0 aromatic heterocycles. The van der Waals surface area contributed by atoms with E-state index in [4.69, 9.17) is 0 Å². The molecule has 1 aliphatic heterocycles. The molecule has 0 saturated carbocycles. The summed E-state index contributed by atoms with van der Waals surface area (Å²) in [7, 11) is 2.19. The highest BCUT2D eigenvalue weighted by Gasteiger charge is 2.17. The monoisotopic (exact) mass is 248 g/mol. The number of benzene rings is 1. The standard InChI is InChI=1S/C15H24N2O/c1-12(18)14-7-3-4-8-15(14)16-10-13-6-5-9-17(2)11-13/h3-4,7-8,12-13,16,18H,5-6,9-11H2,1-2H3. The van der Waals surface area contributed by atoms with Gasteiger partial charge in [-0.1, -0.05) is 18.2 Å². The second-order valence-corrected chi connectivity index (χ2v) is 5.41. The summed E-state index contributed by atoms with van der Waals surface area (Å²) >= 11 is 0. The molecule has 0 amide bonds. The SMILES string of the molecule is CC(O)c1ccccc1NCC1CCCN(C)C1. The fourth-order valence-corrected chi connectivity index (χ4v) is 2.72. The zero-order valence-electron chi connectivity index (χ0n) is 11.4. The fourth-order valence-electron chi connectivity index (χ4n) is 2.72. The summed E-state index contributed by atoms with van der Waals surface area (Å²) in [6, 6.07) is 8.03. The normalized spacial score (nSPS) is 22.7. The number of nitrogens with zero attached hydrogens (tertiary/aromatic N) is 1. The smallest absolute Gasteiger partial charge is 0.0781 e. The molecule has 1 heterocycles. The van der Waals surface area contributed by atoms with Crippen molar-refractivity contribution in [2.24, 2.45) is 5.92 Å². The first-order valence-corrected chi connectivity index (χ1v) is 6.86. The Hall–Kier alpha value is -1.06. The highest BCUT2D eigenvalue weighted by Crippen LogP contribution is 2.23. The molecule has 3 heteroatoms. The second kappa shape index (κ2) is 6.21. The maximum absolute atomic E-state index is 9.74. The molecule has 0 bridgehead atoms. The van der Waals surface area contributed by atoms with Crippen molar-refractivity contribution < 1.29 is 5.11 Å². The van der Waals surface area contributed by atoms with Gasteiger partial charge in [0.15, 0.2) is 0 Å². The van der Waals surface area contributed by atoms with Gasteiger partial charge in [-0.25, -0.2) is 0 Å². The lowest BCUT2D eigenvalue weighted by Gasteiger charge is -2.30. The lowest BCUT2D eigenvalue weighted by molar-refractivity contribution is 0.199. The van der Waals surface area contributed by atoms with Crippen molar-refractivity contribution in [1.29, 1.82) is 0 Å². The average Bonchev–Trinajstić information content (AvgIpc) is 2.37. The number of aliphatic hydroxyl groups excluding tert-OH is 1. The van der Waals surface area contributed by atoms with Gasteiger partial charge in [0.25, 0.3) is 0 Å². The largest absolute Gasteiger partial charge is 0.389 e. The van der Waals surface area contributed by atoms with E-state index in [1.54, 1.807) is 0 Å². The number of anilines is 1. The maximum atomic E-state index is 9.74. The van der Waals surface area contributed by atoms with E-state index in [0.717, 1.165) is 17.8 Å². The zero-order chi connectivity index (χ0) is 13.0. The van der Waals surface area contributed by atoms with Crippen molar-refractivity contribution in [2.45, 2.75) is 25.9 Å². The van der Waals surface area contributed by atoms with E-state index in [9.17, 15) is 5.11 Å². The molecule has 18 heavy (non-hydrogen) atoms. The summed E-state index contributed by atoms with van der Waals surface area (Å²) in [6.07, 6.45) is 2.18. The van der Waals surface area contributed by atoms with Crippen LogP contribution >= 0.6 is 0 Å². The Morgan fingerprint density at radius 3 is 2.94 bits per heavy atom. The van der Waals surface area contributed by atoms with Crippen molar-refractivity contribution in [3.8, 4) is 0 Å².